The van der Waals surface area contributed by atoms with Gasteiger partial charge in [-0.15, -0.1) is 0 Å². The van der Waals surface area contributed by atoms with Crippen LogP contribution in [0.5, 0.6) is 5.75 Å². The minimum Gasteiger partial charge on any atom is -0.492 e. The van der Waals surface area contributed by atoms with Crippen molar-refractivity contribution >= 4 is 49.8 Å². The Morgan fingerprint density at radius 1 is 0.824 bits per heavy atom. The fourth-order valence-corrected chi connectivity index (χ4v) is 7.25. The highest BCUT2D eigenvalue weighted by Crippen LogP contribution is 2.40. The zero-order valence-electron chi connectivity index (χ0n) is 30.9. The van der Waals surface area contributed by atoms with E-state index < -0.39 is 17.4 Å². The maximum atomic E-state index is 16.0. The molecule has 51 heavy (non-hydrogen) atoms. The fourth-order valence-electron chi connectivity index (χ4n) is 6.66. The van der Waals surface area contributed by atoms with Gasteiger partial charge in [-0.25, -0.2) is 14.0 Å². The van der Waals surface area contributed by atoms with Gasteiger partial charge < -0.3 is 14.2 Å². The van der Waals surface area contributed by atoms with Crippen LogP contribution in [-0.4, -0.2) is 49.0 Å². The highest BCUT2D eigenvalue weighted by atomic mass is 32.1. The van der Waals surface area contributed by atoms with Crippen molar-refractivity contribution in [2.75, 3.05) is 37.1 Å². The molecule has 0 spiro atoms. The van der Waals surface area contributed by atoms with Crippen molar-refractivity contribution < 1.29 is 28.2 Å². The average molecular weight is 759 g/mol. The number of rotatable bonds is 22. The Kier molecular flexibility index (Phi) is 18.6. The second kappa shape index (κ2) is 22.0. The topological polar surface area (TPSA) is 61.8 Å². The van der Waals surface area contributed by atoms with Gasteiger partial charge in [0.1, 0.15) is 31.4 Å². The van der Waals surface area contributed by atoms with E-state index in [4.69, 9.17) is 14.2 Å². The molecule has 0 bridgehead atoms. The van der Waals surface area contributed by atoms with Crippen LogP contribution in [0, 0.1) is 17.2 Å². The lowest BCUT2D eigenvalue weighted by Gasteiger charge is -2.32. The minimum absolute atomic E-state index is 0.0500. The van der Waals surface area contributed by atoms with Crippen LogP contribution in [0.3, 0.4) is 0 Å². The molecule has 1 aliphatic rings. The smallest absolute Gasteiger partial charge is 0.333 e. The predicted molar refractivity (Wildman–Crippen MR) is 218 cm³/mol. The largest absolute Gasteiger partial charge is 0.492 e. The van der Waals surface area contributed by atoms with Gasteiger partial charge in [0.25, 0.3) is 0 Å². The van der Waals surface area contributed by atoms with Crippen molar-refractivity contribution in [1.29, 1.82) is 0 Å². The number of esters is 2. The zero-order chi connectivity index (χ0) is 37.4. The van der Waals surface area contributed by atoms with E-state index in [1.165, 1.54) is 38.5 Å². The first-order valence-electron chi connectivity index (χ1n) is 18.5. The number of hydrogen-bond acceptors (Lipinski definition) is 8. The molecular weight excluding hydrogens is 700 g/mol. The number of hydrogen-bond donors (Lipinski definition) is 3. The lowest BCUT2D eigenvalue weighted by atomic mass is 9.77. The van der Waals surface area contributed by atoms with Crippen LogP contribution in [0.2, 0.25) is 0 Å². The summed E-state index contributed by atoms with van der Waals surface area (Å²) in [6.45, 7) is 12.6. The summed E-state index contributed by atoms with van der Waals surface area (Å²) in [4.78, 5) is 24.8. The second-order valence-corrected chi connectivity index (χ2v) is 15.6. The Labute approximate surface area is 322 Å². The lowest BCUT2D eigenvalue weighted by Crippen LogP contribution is -2.42. The first-order chi connectivity index (χ1) is 24.5. The van der Waals surface area contributed by atoms with Crippen molar-refractivity contribution in [3.05, 3.63) is 77.1 Å². The fraction of sp³-hybridized carbons (Fsp3) is 0.571. The molecule has 5 nitrogen and oxygen atoms in total. The Morgan fingerprint density at radius 2 is 1.39 bits per heavy atom. The summed E-state index contributed by atoms with van der Waals surface area (Å²) < 4.78 is 33.8. The first-order valence-corrected chi connectivity index (χ1v) is 20.4. The van der Waals surface area contributed by atoms with Gasteiger partial charge >= 0.3 is 11.9 Å². The first kappa shape index (κ1) is 43.0. The van der Waals surface area contributed by atoms with Gasteiger partial charge in [-0.2, -0.15) is 37.9 Å². The molecule has 0 amide bonds. The molecule has 0 unspecified atom stereocenters. The van der Waals surface area contributed by atoms with E-state index >= 15 is 4.39 Å². The quantitative estimate of drug-likeness (QED) is 0.0483. The van der Waals surface area contributed by atoms with E-state index in [0.29, 0.717) is 41.6 Å². The van der Waals surface area contributed by atoms with Crippen molar-refractivity contribution in [2.24, 2.45) is 11.3 Å². The molecule has 2 aromatic rings. The standard InChI is InChI=1S/C42H59FO5S3/c1-6-7-8-11-31-14-16-32(17-15-31)33-18-19-37(38(43)24-33)36-22-34(12-9-20-49)39(35(23-36)13-10-21-50)46-25-42(28-51,26-47-40(44)29(2)3)27-48-41(45)30(4)5/h18-19,22-24,31-32,49-51H,2,4,6-17,20-21,25-28H2,1,3,5H3. The van der Waals surface area contributed by atoms with Crippen molar-refractivity contribution in [2.45, 2.75) is 104 Å². The van der Waals surface area contributed by atoms with Gasteiger partial charge in [-0.1, -0.05) is 57.9 Å². The molecule has 1 fully saturated rings. The summed E-state index contributed by atoms with van der Waals surface area (Å²) >= 11 is 13.5. The summed E-state index contributed by atoms with van der Waals surface area (Å²) in [7, 11) is 0. The summed E-state index contributed by atoms with van der Waals surface area (Å²) in [5, 5.41) is 0. The average Bonchev–Trinajstić information content (AvgIpc) is 3.13. The number of ether oxygens (including phenoxy) is 3. The zero-order valence-corrected chi connectivity index (χ0v) is 33.6. The van der Waals surface area contributed by atoms with E-state index in [9.17, 15) is 9.59 Å². The van der Waals surface area contributed by atoms with E-state index in [1.807, 2.05) is 18.2 Å². The SMILES string of the molecule is C=C(C)C(=O)OCC(CS)(COC(=O)C(=C)C)COc1c(CCCS)cc(-c2ccc(C3CCC(CCCCC)CC3)cc2F)cc1CCCS. The number of aryl methyl sites for hydroxylation is 2. The van der Waals surface area contributed by atoms with E-state index in [1.54, 1.807) is 19.9 Å². The molecule has 282 valence electrons. The van der Waals surface area contributed by atoms with Gasteiger partial charge in [0.2, 0.25) is 0 Å². The van der Waals surface area contributed by atoms with Crippen LogP contribution in [0.4, 0.5) is 4.39 Å². The van der Waals surface area contributed by atoms with Gasteiger partial charge in [-0.05, 0) is 129 Å². The van der Waals surface area contributed by atoms with Gasteiger partial charge in [-0.3, -0.25) is 0 Å². The van der Waals surface area contributed by atoms with Crippen LogP contribution < -0.4 is 4.74 Å². The summed E-state index contributed by atoms with van der Waals surface area (Å²) in [5.41, 5.74) is 3.89. The van der Waals surface area contributed by atoms with Crippen LogP contribution in [-0.2, 0) is 31.9 Å². The summed E-state index contributed by atoms with van der Waals surface area (Å²) in [5.74, 6) is 2.14. The summed E-state index contributed by atoms with van der Waals surface area (Å²) in [6.07, 6.45) is 12.8. The lowest BCUT2D eigenvalue weighted by molar-refractivity contribution is -0.149. The molecule has 0 aliphatic heterocycles. The van der Waals surface area contributed by atoms with E-state index in [-0.39, 0.29) is 42.5 Å². The monoisotopic (exact) mass is 758 g/mol. The molecule has 0 aromatic heterocycles. The molecule has 1 aliphatic carbocycles. The normalized spacial score (nSPS) is 16.1. The molecule has 0 heterocycles. The van der Waals surface area contributed by atoms with Crippen molar-refractivity contribution in [3.8, 4) is 16.9 Å². The predicted octanol–water partition coefficient (Wildman–Crippen LogP) is 10.6. The maximum Gasteiger partial charge on any atom is 0.333 e. The van der Waals surface area contributed by atoms with Crippen LogP contribution in [0.25, 0.3) is 11.1 Å². The molecule has 9 heteroatoms. The molecule has 2 aromatic carbocycles. The third-order valence-electron chi connectivity index (χ3n) is 9.86. The number of thiol groups is 3. The van der Waals surface area contributed by atoms with Gasteiger partial charge in [0.15, 0.2) is 0 Å². The molecule has 0 atom stereocenters. The second-order valence-electron chi connectivity index (χ2n) is 14.4. The number of benzene rings is 2. The Hall–Kier alpha value is -2.36. The van der Waals surface area contributed by atoms with Gasteiger partial charge in [0.05, 0.1) is 5.41 Å². The Bertz CT molecular complexity index is 1410. The number of unbranched alkanes of at least 4 members (excludes halogenated alkanes) is 2. The van der Waals surface area contributed by atoms with Crippen LogP contribution in [0.1, 0.15) is 108 Å². The number of carbonyl (C=O) groups is 2. The third-order valence-corrected chi connectivity index (χ3v) is 11.2. The van der Waals surface area contributed by atoms with Crippen molar-refractivity contribution in [1.82, 2.24) is 0 Å². The van der Waals surface area contributed by atoms with Crippen molar-refractivity contribution in [3.63, 3.8) is 0 Å². The molecule has 0 saturated heterocycles. The third kappa shape index (κ3) is 13.2. The van der Waals surface area contributed by atoms with Gasteiger partial charge in [0, 0.05) is 22.5 Å². The molecular formula is C42H59FO5S3. The highest BCUT2D eigenvalue weighted by Gasteiger charge is 2.35. The molecule has 0 radical (unpaired) electrons. The van der Waals surface area contributed by atoms with Crippen LogP contribution >= 0.6 is 37.9 Å². The maximum absolute atomic E-state index is 16.0. The summed E-state index contributed by atoms with van der Waals surface area (Å²) in [6, 6.07) is 9.85. The number of carbonyl (C=O) groups excluding carboxylic acids is 2. The highest BCUT2D eigenvalue weighted by molar-refractivity contribution is 7.80. The minimum atomic E-state index is -0.962. The number of halogens is 1. The van der Waals surface area contributed by atoms with E-state index in [2.05, 4.69) is 64.0 Å². The Morgan fingerprint density at radius 3 is 1.86 bits per heavy atom. The molecule has 1 saturated carbocycles. The van der Waals surface area contributed by atoms with E-state index in [0.717, 1.165) is 53.9 Å². The molecule has 3 rings (SSSR count). The molecule has 0 N–H and O–H groups in total. The van der Waals surface area contributed by atoms with Crippen LogP contribution in [0.15, 0.2) is 54.6 Å². The Balaban J connectivity index is 1.94.